The van der Waals surface area contributed by atoms with E-state index in [-0.39, 0.29) is 28.9 Å². The van der Waals surface area contributed by atoms with Crippen molar-refractivity contribution >= 4 is 22.4 Å². The molecule has 2 N–H and O–H groups in total. The molecule has 1 atom stereocenters. The zero-order chi connectivity index (χ0) is 13.2. The number of hydrogen-bond donors (Lipinski definition) is 2. The number of benzene rings is 1. The molecule has 19 heavy (non-hydrogen) atoms. The number of sulfonamides is 1. The van der Waals surface area contributed by atoms with Crippen LogP contribution in [0.4, 0.5) is 4.39 Å². The molecule has 0 bridgehead atoms. The van der Waals surface area contributed by atoms with Gasteiger partial charge in [0.25, 0.3) is 0 Å². The fraction of sp³-hybridized carbons (Fsp3) is 0.500. The third-order valence-electron chi connectivity index (χ3n) is 3.13. The van der Waals surface area contributed by atoms with Crippen LogP contribution in [0.3, 0.4) is 0 Å². The third kappa shape index (κ3) is 3.89. The van der Waals surface area contributed by atoms with Gasteiger partial charge in [-0.3, -0.25) is 0 Å². The first kappa shape index (κ1) is 16.4. The van der Waals surface area contributed by atoms with E-state index < -0.39 is 15.8 Å². The number of hydrogen-bond acceptors (Lipinski definition) is 3. The quantitative estimate of drug-likeness (QED) is 0.891. The van der Waals surface area contributed by atoms with Crippen LogP contribution in [0.25, 0.3) is 0 Å². The Hall–Kier alpha value is -0.690. The molecule has 1 aromatic rings. The summed E-state index contributed by atoms with van der Waals surface area (Å²) in [6, 6.07) is 3.98. The second-order valence-electron chi connectivity index (χ2n) is 4.53. The maximum atomic E-state index is 13.4. The van der Waals surface area contributed by atoms with Gasteiger partial charge >= 0.3 is 0 Å². The zero-order valence-electron chi connectivity index (χ0n) is 10.6. The molecule has 1 fully saturated rings. The van der Waals surface area contributed by atoms with E-state index in [9.17, 15) is 12.8 Å². The monoisotopic (exact) mass is 308 g/mol. The van der Waals surface area contributed by atoms with E-state index in [0.29, 0.717) is 6.54 Å². The van der Waals surface area contributed by atoms with E-state index in [2.05, 4.69) is 10.0 Å². The molecular weight excluding hydrogens is 291 g/mol. The molecule has 108 valence electrons. The lowest BCUT2D eigenvalue weighted by Gasteiger charge is -2.24. The van der Waals surface area contributed by atoms with E-state index in [4.69, 9.17) is 0 Å². The average molecular weight is 309 g/mol. The summed E-state index contributed by atoms with van der Waals surface area (Å²) in [6.45, 7) is 3.01. The molecule has 1 aromatic carbocycles. The molecule has 1 heterocycles. The summed E-state index contributed by atoms with van der Waals surface area (Å²) in [5, 5.41) is 3.13. The van der Waals surface area contributed by atoms with Crippen molar-refractivity contribution in [1.29, 1.82) is 0 Å². The highest BCUT2D eigenvalue weighted by molar-refractivity contribution is 7.89. The average Bonchev–Trinajstić information content (AvgIpc) is 2.33. The Morgan fingerprint density at radius 3 is 2.79 bits per heavy atom. The Morgan fingerprint density at radius 1 is 1.42 bits per heavy atom. The molecule has 1 aliphatic heterocycles. The van der Waals surface area contributed by atoms with Gasteiger partial charge in [-0.1, -0.05) is 6.07 Å². The standard InChI is InChI=1S/C12H17FN2O2S.ClH/c1-9-11(13)5-2-6-12(9)18(16,17)15-10-4-3-7-14-8-10;/h2,5-6,10,14-15H,3-4,7-8H2,1H3;1H. The van der Waals surface area contributed by atoms with Gasteiger partial charge in [-0.15, -0.1) is 12.4 Å². The Bertz CT molecular complexity index is 531. The van der Waals surface area contributed by atoms with Crippen molar-refractivity contribution in [2.75, 3.05) is 13.1 Å². The van der Waals surface area contributed by atoms with Crippen LogP contribution in [0.2, 0.25) is 0 Å². The lowest BCUT2D eigenvalue weighted by Crippen LogP contribution is -2.45. The minimum Gasteiger partial charge on any atom is -0.315 e. The van der Waals surface area contributed by atoms with E-state index in [1.165, 1.54) is 25.1 Å². The van der Waals surface area contributed by atoms with Crippen LogP contribution in [0.15, 0.2) is 23.1 Å². The normalized spacial score (nSPS) is 19.8. The molecule has 1 unspecified atom stereocenters. The van der Waals surface area contributed by atoms with E-state index in [1.807, 2.05) is 0 Å². The Kier molecular flexibility index (Phi) is 5.73. The lowest BCUT2D eigenvalue weighted by atomic mass is 10.1. The highest BCUT2D eigenvalue weighted by atomic mass is 35.5. The second kappa shape index (κ2) is 6.65. The Labute approximate surface area is 119 Å². The molecule has 0 amide bonds. The minimum absolute atomic E-state index is 0. The van der Waals surface area contributed by atoms with Gasteiger partial charge in [0.2, 0.25) is 10.0 Å². The molecule has 7 heteroatoms. The number of piperidine rings is 1. The van der Waals surface area contributed by atoms with Crippen molar-refractivity contribution in [2.45, 2.75) is 30.7 Å². The molecule has 0 aliphatic carbocycles. The smallest absolute Gasteiger partial charge is 0.241 e. The summed E-state index contributed by atoms with van der Waals surface area (Å²) in [4.78, 5) is 0.0214. The summed E-state index contributed by atoms with van der Waals surface area (Å²) in [7, 11) is -3.64. The fourth-order valence-corrected chi connectivity index (χ4v) is 3.64. The summed E-state index contributed by atoms with van der Waals surface area (Å²) < 4.78 is 40.3. The van der Waals surface area contributed by atoms with E-state index in [1.54, 1.807) is 0 Å². The van der Waals surface area contributed by atoms with Gasteiger partial charge < -0.3 is 5.32 Å². The maximum absolute atomic E-state index is 13.4. The van der Waals surface area contributed by atoms with Gasteiger partial charge in [0.1, 0.15) is 5.82 Å². The molecule has 2 rings (SSSR count). The SMILES string of the molecule is Cc1c(F)cccc1S(=O)(=O)NC1CCCNC1.Cl. The van der Waals surface area contributed by atoms with E-state index in [0.717, 1.165) is 19.4 Å². The van der Waals surface area contributed by atoms with Crippen LogP contribution < -0.4 is 10.0 Å². The van der Waals surface area contributed by atoms with E-state index >= 15 is 0 Å². The topological polar surface area (TPSA) is 58.2 Å². The second-order valence-corrected chi connectivity index (χ2v) is 6.21. The number of rotatable bonds is 3. The van der Waals surface area contributed by atoms with Crippen LogP contribution >= 0.6 is 12.4 Å². The molecule has 0 radical (unpaired) electrons. The van der Waals surface area contributed by atoms with Gasteiger partial charge in [0, 0.05) is 18.2 Å². The lowest BCUT2D eigenvalue weighted by molar-refractivity contribution is 0.428. The Morgan fingerprint density at radius 2 is 2.16 bits per heavy atom. The highest BCUT2D eigenvalue weighted by Gasteiger charge is 2.23. The van der Waals surface area contributed by atoms with Crippen molar-refractivity contribution < 1.29 is 12.8 Å². The van der Waals surface area contributed by atoms with Crippen LogP contribution in [0.1, 0.15) is 18.4 Å². The van der Waals surface area contributed by atoms with Crippen LogP contribution in [-0.2, 0) is 10.0 Å². The summed E-state index contributed by atoms with van der Waals surface area (Å²) in [5.41, 5.74) is 0.161. The zero-order valence-corrected chi connectivity index (χ0v) is 12.3. The molecule has 0 aromatic heterocycles. The van der Waals surface area contributed by atoms with Gasteiger partial charge in [-0.2, -0.15) is 0 Å². The molecule has 4 nitrogen and oxygen atoms in total. The predicted octanol–water partition coefficient (Wildman–Crippen LogP) is 1.59. The fourth-order valence-electron chi connectivity index (χ4n) is 2.11. The van der Waals surface area contributed by atoms with Crippen molar-refractivity contribution in [3.8, 4) is 0 Å². The molecule has 0 saturated carbocycles. The van der Waals surface area contributed by atoms with Gasteiger partial charge in [0.05, 0.1) is 4.90 Å². The van der Waals surface area contributed by atoms with Crippen molar-refractivity contribution in [3.63, 3.8) is 0 Å². The Balaban J connectivity index is 0.00000180. The summed E-state index contributed by atoms with van der Waals surface area (Å²) in [5.74, 6) is -0.500. The van der Waals surface area contributed by atoms with Crippen LogP contribution in [-0.4, -0.2) is 27.5 Å². The predicted molar refractivity (Wildman–Crippen MR) is 74.6 cm³/mol. The molecule has 1 aliphatic rings. The molecule has 1 saturated heterocycles. The van der Waals surface area contributed by atoms with Gasteiger partial charge in [0.15, 0.2) is 0 Å². The molecular formula is C12H18ClFN2O2S. The highest BCUT2D eigenvalue weighted by Crippen LogP contribution is 2.18. The first-order valence-corrected chi connectivity index (χ1v) is 7.47. The van der Waals surface area contributed by atoms with Crippen LogP contribution in [0.5, 0.6) is 0 Å². The maximum Gasteiger partial charge on any atom is 0.241 e. The third-order valence-corrected chi connectivity index (χ3v) is 4.79. The van der Waals surface area contributed by atoms with Crippen molar-refractivity contribution in [2.24, 2.45) is 0 Å². The van der Waals surface area contributed by atoms with Crippen LogP contribution in [0, 0.1) is 12.7 Å². The van der Waals surface area contributed by atoms with Gasteiger partial charge in [-0.05, 0) is 38.4 Å². The first-order chi connectivity index (χ1) is 8.50. The number of nitrogens with one attached hydrogen (secondary N) is 2. The largest absolute Gasteiger partial charge is 0.315 e. The minimum atomic E-state index is -3.64. The van der Waals surface area contributed by atoms with Crippen molar-refractivity contribution in [1.82, 2.24) is 10.0 Å². The number of halogens is 2. The summed E-state index contributed by atoms with van der Waals surface area (Å²) >= 11 is 0. The molecule has 0 spiro atoms. The summed E-state index contributed by atoms with van der Waals surface area (Å²) in [6.07, 6.45) is 1.75. The first-order valence-electron chi connectivity index (χ1n) is 5.99. The van der Waals surface area contributed by atoms with Gasteiger partial charge in [-0.25, -0.2) is 17.5 Å². The van der Waals surface area contributed by atoms with Crippen molar-refractivity contribution in [3.05, 3.63) is 29.6 Å².